The third-order valence-corrected chi connectivity index (χ3v) is 6.57. The van der Waals surface area contributed by atoms with Crippen LogP contribution in [0.2, 0.25) is 0 Å². The first kappa shape index (κ1) is 30.2. The highest BCUT2D eigenvalue weighted by Crippen LogP contribution is 2.32. The molecule has 2 aromatic rings. The number of aromatic nitrogens is 3. The van der Waals surface area contributed by atoms with Gasteiger partial charge in [-0.1, -0.05) is 24.3 Å². The third-order valence-electron chi connectivity index (χ3n) is 6.57. The molecule has 0 aromatic carbocycles. The number of hydrogen-bond donors (Lipinski definition) is 0. The van der Waals surface area contributed by atoms with E-state index in [4.69, 9.17) is 0 Å². The van der Waals surface area contributed by atoms with E-state index in [0.717, 1.165) is 44.0 Å². The number of allylic oxidation sites excluding steroid dienone is 7. The van der Waals surface area contributed by atoms with E-state index < -0.39 is 11.9 Å². The Bertz CT molecular complexity index is 1510. The zero-order chi connectivity index (χ0) is 29.3. The predicted molar refractivity (Wildman–Crippen MR) is 153 cm³/mol. The molecular formula is C30H33F3N6O. The average Bonchev–Trinajstić information content (AvgIpc) is 3.05. The zero-order valence-electron chi connectivity index (χ0n) is 23.0. The van der Waals surface area contributed by atoms with Gasteiger partial charge in [0.25, 0.3) is 5.56 Å². The van der Waals surface area contributed by atoms with Crippen LogP contribution in [0.15, 0.2) is 63.8 Å². The molecule has 1 fully saturated rings. The van der Waals surface area contributed by atoms with Gasteiger partial charge in [0.1, 0.15) is 34.2 Å². The number of aliphatic imine (C=N–C) groups is 1. The lowest BCUT2D eigenvalue weighted by Crippen LogP contribution is -2.32. The van der Waals surface area contributed by atoms with E-state index >= 15 is 0 Å². The fraction of sp³-hybridized carbons (Fsp3) is 0.400. The number of piperidine rings is 1. The monoisotopic (exact) mass is 550 g/mol. The minimum atomic E-state index is -4.55. The summed E-state index contributed by atoms with van der Waals surface area (Å²) in [6, 6.07) is 2.28. The number of alkyl halides is 3. The lowest BCUT2D eigenvalue weighted by atomic mass is 10.1. The minimum absolute atomic E-state index is 0.0399. The van der Waals surface area contributed by atoms with Crippen LogP contribution in [0.3, 0.4) is 0 Å². The van der Waals surface area contributed by atoms with Gasteiger partial charge in [-0.15, -0.1) is 12.3 Å². The molecule has 0 amide bonds. The van der Waals surface area contributed by atoms with Crippen LogP contribution >= 0.6 is 0 Å². The van der Waals surface area contributed by atoms with Gasteiger partial charge in [-0.3, -0.25) is 14.4 Å². The number of fused-ring (bicyclic) bond motifs is 1. The van der Waals surface area contributed by atoms with Crippen molar-refractivity contribution in [1.29, 1.82) is 5.26 Å². The van der Waals surface area contributed by atoms with Crippen molar-refractivity contribution in [3.63, 3.8) is 0 Å². The quantitative estimate of drug-likeness (QED) is 0.323. The summed E-state index contributed by atoms with van der Waals surface area (Å²) in [7, 11) is 0. The van der Waals surface area contributed by atoms with Gasteiger partial charge in [0.2, 0.25) is 0 Å². The first-order valence-corrected chi connectivity index (χ1v) is 13.1. The second-order valence-corrected chi connectivity index (χ2v) is 9.38. The van der Waals surface area contributed by atoms with E-state index in [1.807, 2.05) is 36.6 Å². The Labute approximate surface area is 232 Å². The standard InChI is InChI=1S/C27H29F3N6O.C3H4/c1-3-9-19(4-2)17-36-24-23(21(14-31)25(36)34-12-6-5-7-13-34)33-18-35(26(24)37)16-20-10-8-11-22(32-15-20)27(28,29)30;1-3-2/h3-4,8-9,11,15,18H,5-7,10,12-13,16-17H2,1-2H3;1H,2H3/b9-3-,19-4+;. The molecule has 0 atom stereocenters. The molecule has 2 aliphatic rings. The van der Waals surface area contributed by atoms with Gasteiger partial charge in [-0.05, 0) is 63.7 Å². The molecule has 2 aliphatic heterocycles. The summed E-state index contributed by atoms with van der Waals surface area (Å²) in [4.78, 5) is 24.0. The van der Waals surface area contributed by atoms with Crippen molar-refractivity contribution in [3.05, 3.63) is 70.0 Å². The molecule has 0 spiro atoms. The molecule has 7 nitrogen and oxygen atoms in total. The van der Waals surface area contributed by atoms with E-state index in [0.29, 0.717) is 34.5 Å². The molecule has 10 heteroatoms. The van der Waals surface area contributed by atoms with E-state index in [-0.39, 0.29) is 18.5 Å². The van der Waals surface area contributed by atoms with Crippen LogP contribution < -0.4 is 10.5 Å². The molecule has 0 saturated carbocycles. The molecule has 210 valence electrons. The Balaban J connectivity index is 0.00000141. The highest BCUT2D eigenvalue weighted by atomic mass is 19.4. The zero-order valence-corrected chi connectivity index (χ0v) is 23.0. The maximum absolute atomic E-state index is 13.8. The first-order chi connectivity index (χ1) is 19.2. The topological polar surface area (TPSA) is 79.2 Å². The largest absolute Gasteiger partial charge is 0.433 e. The van der Waals surface area contributed by atoms with Gasteiger partial charge in [-0.2, -0.15) is 18.4 Å². The molecule has 0 bridgehead atoms. The summed E-state index contributed by atoms with van der Waals surface area (Å²) in [5, 5.41) is 10.1. The smallest absolute Gasteiger partial charge is 0.357 e. The molecule has 0 N–H and O–H groups in total. The number of nitrogens with zero attached hydrogens (tertiary/aromatic N) is 6. The lowest BCUT2D eigenvalue weighted by molar-refractivity contribution is -0.0576. The summed E-state index contributed by atoms with van der Waals surface area (Å²) < 4.78 is 42.4. The van der Waals surface area contributed by atoms with Crippen molar-refractivity contribution in [2.75, 3.05) is 18.0 Å². The molecule has 1 saturated heterocycles. The van der Waals surface area contributed by atoms with Crippen LogP contribution in [0.25, 0.3) is 11.0 Å². The number of halogens is 3. The second-order valence-electron chi connectivity index (χ2n) is 9.38. The molecule has 0 radical (unpaired) electrons. The van der Waals surface area contributed by atoms with E-state index in [1.165, 1.54) is 23.2 Å². The van der Waals surface area contributed by atoms with Crippen LogP contribution in [0.5, 0.6) is 0 Å². The van der Waals surface area contributed by atoms with E-state index in [1.54, 1.807) is 6.92 Å². The summed E-state index contributed by atoms with van der Waals surface area (Å²) in [5.74, 6) is 2.94. The van der Waals surface area contributed by atoms with Gasteiger partial charge in [-0.25, -0.2) is 4.98 Å². The molecule has 4 heterocycles. The predicted octanol–water partition coefficient (Wildman–Crippen LogP) is 6.07. The molecule has 0 unspecified atom stereocenters. The number of nitriles is 1. The molecule has 2 aromatic heterocycles. The molecule has 40 heavy (non-hydrogen) atoms. The number of rotatable bonds is 6. The van der Waals surface area contributed by atoms with Crippen LogP contribution in [0.1, 0.15) is 52.0 Å². The molecule has 4 rings (SSSR count). The van der Waals surface area contributed by atoms with Crippen molar-refractivity contribution in [2.45, 2.75) is 65.7 Å². The fourth-order valence-electron chi connectivity index (χ4n) is 4.76. The van der Waals surface area contributed by atoms with Gasteiger partial charge in [0.15, 0.2) is 0 Å². The number of hydrogen-bond acceptors (Lipinski definition) is 5. The van der Waals surface area contributed by atoms with Gasteiger partial charge >= 0.3 is 6.18 Å². The van der Waals surface area contributed by atoms with Crippen molar-refractivity contribution < 1.29 is 13.2 Å². The Kier molecular flexibility index (Phi) is 10.3. The highest BCUT2D eigenvalue weighted by Gasteiger charge is 2.34. The van der Waals surface area contributed by atoms with Crippen molar-refractivity contribution in [3.8, 4) is 18.4 Å². The summed E-state index contributed by atoms with van der Waals surface area (Å²) >= 11 is 0. The van der Waals surface area contributed by atoms with Crippen molar-refractivity contribution >= 4 is 22.6 Å². The Hall–Kier alpha value is -4.31. The summed E-state index contributed by atoms with van der Waals surface area (Å²) in [6.07, 6.45) is 14.1. The third kappa shape index (κ3) is 6.81. The van der Waals surface area contributed by atoms with E-state index in [2.05, 4.69) is 33.3 Å². The maximum atomic E-state index is 13.8. The SMILES string of the molecule is C#CC.C/C=C\C(=C/C)Cn1c(N2CCCCC2)c(C#N)c2ncn(CC3=CN=C(C(F)(F)F)C=CC3)c(=O)c21. The van der Waals surface area contributed by atoms with Crippen molar-refractivity contribution in [2.24, 2.45) is 4.99 Å². The van der Waals surface area contributed by atoms with Crippen LogP contribution in [0, 0.1) is 23.7 Å². The normalized spacial score (nSPS) is 16.1. The van der Waals surface area contributed by atoms with Crippen LogP contribution in [-0.2, 0) is 13.1 Å². The Morgan fingerprint density at radius 3 is 2.52 bits per heavy atom. The molecule has 0 aliphatic carbocycles. The summed E-state index contributed by atoms with van der Waals surface area (Å²) in [5.41, 5.74) is 1.20. The minimum Gasteiger partial charge on any atom is -0.357 e. The maximum Gasteiger partial charge on any atom is 0.433 e. The van der Waals surface area contributed by atoms with Crippen molar-refractivity contribution in [1.82, 2.24) is 14.1 Å². The Morgan fingerprint density at radius 1 is 1.23 bits per heavy atom. The van der Waals surface area contributed by atoms with Crippen LogP contribution in [0.4, 0.5) is 19.0 Å². The van der Waals surface area contributed by atoms with Gasteiger partial charge < -0.3 is 9.47 Å². The Morgan fingerprint density at radius 2 is 1.93 bits per heavy atom. The molecular weight excluding hydrogens is 517 g/mol. The second kappa shape index (κ2) is 13.7. The van der Waals surface area contributed by atoms with Gasteiger partial charge in [0.05, 0.1) is 12.9 Å². The highest BCUT2D eigenvalue weighted by molar-refractivity contribution is 6.00. The summed E-state index contributed by atoms with van der Waals surface area (Å²) in [6.45, 7) is 7.49. The first-order valence-electron chi connectivity index (χ1n) is 13.1. The fourth-order valence-corrected chi connectivity index (χ4v) is 4.76. The van der Waals surface area contributed by atoms with Crippen LogP contribution in [-0.4, -0.2) is 39.1 Å². The lowest BCUT2D eigenvalue weighted by Gasteiger charge is -2.30. The van der Waals surface area contributed by atoms with Gasteiger partial charge in [0, 0.05) is 25.8 Å². The number of terminal acetylenes is 1. The van der Waals surface area contributed by atoms with E-state index in [9.17, 15) is 23.2 Å². The average molecular weight is 551 g/mol. The number of anilines is 1.